The van der Waals surface area contributed by atoms with E-state index in [4.69, 9.17) is 14.2 Å². The number of urea groups is 1. The van der Waals surface area contributed by atoms with Crippen LogP contribution in [0.4, 0.5) is 10.6 Å². The van der Waals surface area contributed by atoms with Gasteiger partial charge in [0.25, 0.3) is 0 Å². The van der Waals surface area contributed by atoms with Crippen molar-refractivity contribution in [1.29, 1.82) is 0 Å². The molecule has 3 heterocycles. The van der Waals surface area contributed by atoms with Crippen LogP contribution < -0.4 is 10.6 Å². The molecule has 3 aromatic rings. The minimum Gasteiger partial charge on any atom is -0.481 e. The summed E-state index contributed by atoms with van der Waals surface area (Å²) in [6.07, 6.45) is 7.32. The van der Waals surface area contributed by atoms with Gasteiger partial charge in [0.1, 0.15) is 12.4 Å². The van der Waals surface area contributed by atoms with E-state index in [9.17, 15) is 14.7 Å². The molecule has 210 valence electrons. The molecule has 1 saturated heterocycles. The monoisotopic (exact) mass is 548 g/mol. The Morgan fingerprint density at radius 1 is 1.10 bits per heavy atom. The molecule has 1 aliphatic heterocycles. The Labute approximate surface area is 230 Å². The second kappa shape index (κ2) is 11.3. The number of carbonyl (C=O) groups excluding carboxylic acids is 1. The fourth-order valence-corrected chi connectivity index (χ4v) is 5.65. The predicted octanol–water partition coefficient (Wildman–Crippen LogP) is 3.09. The molecule has 2 aromatic heterocycles. The van der Waals surface area contributed by atoms with Crippen LogP contribution >= 0.6 is 0 Å². The van der Waals surface area contributed by atoms with E-state index in [-0.39, 0.29) is 42.0 Å². The number of carbonyl (C=O) groups is 2. The van der Waals surface area contributed by atoms with Gasteiger partial charge in [0.05, 0.1) is 37.6 Å². The molecule has 3 N–H and O–H groups in total. The quantitative estimate of drug-likeness (QED) is 0.347. The standard InChI is InChI=1S/C28H32N6O6/c1-2-29-28(37)33-25-22-26(31-14-30-25)34(15-32-22)20-11-18(13-38-12-17-10-19(17)27(35)36)23-24(20)40-21(39-23)9-8-16-6-4-3-5-7-16/h3-9,14-15,17-21,23-24H,2,10-13H2,1H3,(H,35,36)(H2,29,30,31,33,37)/t17?,18?,19?,20?,21-,23?,24?/m0/s1. The highest BCUT2D eigenvalue weighted by atomic mass is 16.7. The first-order chi connectivity index (χ1) is 19.5. The SMILES string of the molecule is CCNC(=O)Nc1ncnc2c1ncn2C1CC(COCC2CC2C(=O)O)C2O[C@H](C=Cc3ccccc3)OC21. The van der Waals surface area contributed by atoms with Crippen molar-refractivity contribution >= 4 is 35.1 Å². The third kappa shape index (κ3) is 5.42. The largest absolute Gasteiger partial charge is 0.481 e. The van der Waals surface area contributed by atoms with E-state index in [0.717, 1.165) is 5.56 Å². The molecule has 2 amide bonds. The fraction of sp³-hybridized carbons (Fsp3) is 0.464. The van der Waals surface area contributed by atoms with E-state index < -0.39 is 12.3 Å². The van der Waals surface area contributed by atoms with Crippen molar-refractivity contribution in [1.82, 2.24) is 24.8 Å². The summed E-state index contributed by atoms with van der Waals surface area (Å²) in [6, 6.07) is 9.44. The number of hydrogen-bond donors (Lipinski definition) is 3. The Kier molecular flexibility index (Phi) is 7.46. The maximum atomic E-state index is 12.1. The number of rotatable bonds is 10. The summed E-state index contributed by atoms with van der Waals surface area (Å²) < 4.78 is 20.8. The van der Waals surface area contributed by atoms with Gasteiger partial charge in [-0.15, -0.1) is 0 Å². The van der Waals surface area contributed by atoms with Crippen molar-refractivity contribution in [3.8, 4) is 0 Å². The molecule has 0 spiro atoms. The van der Waals surface area contributed by atoms with Crippen LogP contribution in [-0.4, -0.2) is 74.9 Å². The van der Waals surface area contributed by atoms with E-state index in [0.29, 0.717) is 49.6 Å². The van der Waals surface area contributed by atoms with Crippen molar-refractivity contribution in [2.45, 2.75) is 44.3 Å². The van der Waals surface area contributed by atoms with Gasteiger partial charge in [-0.3, -0.25) is 10.1 Å². The molecule has 0 radical (unpaired) electrons. The lowest BCUT2D eigenvalue weighted by Gasteiger charge is -2.19. The predicted molar refractivity (Wildman–Crippen MR) is 144 cm³/mol. The van der Waals surface area contributed by atoms with Crippen molar-refractivity contribution in [3.05, 3.63) is 54.6 Å². The van der Waals surface area contributed by atoms with E-state index in [2.05, 4.69) is 25.6 Å². The summed E-state index contributed by atoms with van der Waals surface area (Å²) >= 11 is 0. The minimum atomic E-state index is -0.759. The first kappa shape index (κ1) is 26.4. The first-order valence-corrected chi connectivity index (χ1v) is 13.6. The van der Waals surface area contributed by atoms with Crippen molar-refractivity contribution in [3.63, 3.8) is 0 Å². The molecule has 40 heavy (non-hydrogen) atoms. The number of benzene rings is 1. The summed E-state index contributed by atoms with van der Waals surface area (Å²) in [7, 11) is 0. The number of hydrogen-bond acceptors (Lipinski definition) is 8. The molecule has 7 atom stereocenters. The summed E-state index contributed by atoms with van der Waals surface area (Å²) in [5, 5.41) is 14.6. The normalized spacial score (nSPS) is 29.1. The number of ether oxygens (including phenoxy) is 3. The molecule has 1 aromatic carbocycles. The molecule has 3 aliphatic rings. The maximum Gasteiger partial charge on any atom is 0.320 e. The van der Waals surface area contributed by atoms with Gasteiger partial charge in [0, 0.05) is 12.5 Å². The van der Waals surface area contributed by atoms with Crippen LogP contribution in [0.2, 0.25) is 0 Å². The summed E-state index contributed by atoms with van der Waals surface area (Å²) in [4.78, 5) is 36.5. The number of anilines is 1. The van der Waals surface area contributed by atoms with Gasteiger partial charge in [-0.2, -0.15) is 0 Å². The highest BCUT2D eigenvalue weighted by Crippen LogP contribution is 2.46. The Hall–Kier alpha value is -3.87. The second-order valence-corrected chi connectivity index (χ2v) is 10.4. The lowest BCUT2D eigenvalue weighted by Crippen LogP contribution is -2.29. The van der Waals surface area contributed by atoms with Gasteiger partial charge < -0.3 is 29.2 Å². The Bertz CT molecular complexity index is 1400. The zero-order chi connectivity index (χ0) is 27.6. The van der Waals surface area contributed by atoms with Crippen LogP contribution in [0, 0.1) is 17.8 Å². The molecule has 6 rings (SSSR count). The van der Waals surface area contributed by atoms with Gasteiger partial charge in [-0.1, -0.05) is 36.4 Å². The van der Waals surface area contributed by atoms with Crippen molar-refractivity contribution in [2.24, 2.45) is 17.8 Å². The molecule has 2 aliphatic carbocycles. The molecular weight excluding hydrogens is 516 g/mol. The zero-order valence-corrected chi connectivity index (χ0v) is 22.1. The van der Waals surface area contributed by atoms with Crippen LogP contribution in [0.3, 0.4) is 0 Å². The molecular formula is C28H32N6O6. The van der Waals surface area contributed by atoms with E-state index in [1.54, 1.807) is 6.33 Å². The highest BCUT2D eigenvalue weighted by Gasteiger charge is 2.52. The molecule has 3 fully saturated rings. The summed E-state index contributed by atoms with van der Waals surface area (Å²) in [5.74, 6) is -0.641. The second-order valence-electron chi connectivity index (χ2n) is 10.4. The van der Waals surface area contributed by atoms with E-state index in [1.165, 1.54) is 6.33 Å². The first-order valence-electron chi connectivity index (χ1n) is 13.6. The summed E-state index contributed by atoms with van der Waals surface area (Å²) in [5.41, 5.74) is 2.12. The summed E-state index contributed by atoms with van der Waals surface area (Å²) in [6.45, 7) is 3.17. The molecule has 6 unspecified atom stereocenters. The molecule has 12 nitrogen and oxygen atoms in total. The fourth-order valence-electron chi connectivity index (χ4n) is 5.65. The Balaban J connectivity index is 1.21. The zero-order valence-electron chi connectivity index (χ0n) is 22.1. The lowest BCUT2D eigenvalue weighted by atomic mass is 10.1. The van der Waals surface area contributed by atoms with Crippen LogP contribution in [-0.2, 0) is 19.0 Å². The molecule has 0 bridgehead atoms. The number of nitrogens with one attached hydrogen (secondary N) is 2. The molecule has 2 saturated carbocycles. The van der Waals surface area contributed by atoms with Crippen LogP contribution in [0.15, 0.2) is 49.1 Å². The average Bonchev–Trinajstić information content (AvgIpc) is 3.25. The smallest absolute Gasteiger partial charge is 0.320 e. The third-order valence-electron chi connectivity index (χ3n) is 7.73. The topological polar surface area (TPSA) is 150 Å². The van der Waals surface area contributed by atoms with E-state index >= 15 is 0 Å². The lowest BCUT2D eigenvalue weighted by molar-refractivity contribution is -0.139. The van der Waals surface area contributed by atoms with Crippen LogP contribution in [0.5, 0.6) is 0 Å². The molecule has 12 heteroatoms. The number of amides is 2. The number of nitrogens with zero attached hydrogens (tertiary/aromatic N) is 4. The van der Waals surface area contributed by atoms with Gasteiger partial charge in [-0.25, -0.2) is 19.7 Å². The van der Waals surface area contributed by atoms with Gasteiger partial charge in [0.15, 0.2) is 23.3 Å². The highest BCUT2D eigenvalue weighted by molar-refractivity contribution is 5.95. The number of aliphatic carboxylic acids is 1. The van der Waals surface area contributed by atoms with Gasteiger partial charge in [-0.05, 0) is 37.3 Å². The average molecular weight is 549 g/mol. The van der Waals surface area contributed by atoms with Crippen LogP contribution in [0.1, 0.15) is 31.4 Å². The minimum absolute atomic E-state index is 0.0272. The van der Waals surface area contributed by atoms with Crippen LogP contribution in [0.25, 0.3) is 17.2 Å². The van der Waals surface area contributed by atoms with E-state index in [1.807, 2.05) is 54.0 Å². The van der Waals surface area contributed by atoms with Crippen molar-refractivity contribution < 1.29 is 28.9 Å². The Morgan fingerprint density at radius 2 is 1.90 bits per heavy atom. The van der Waals surface area contributed by atoms with Gasteiger partial charge in [0.2, 0.25) is 0 Å². The number of carboxylic acids is 1. The third-order valence-corrected chi connectivity index (χ3v) is 7.73. The number of fused-ring (bicyclic) bond motifs is 2. The van der Waals surface area contributed by atoms with Crippen molar-refractivity contribution in [2.75, 3.05) is 25.1 Å². The Morgan fingerprint density at radius 3 is 2.67 bits per heavy atom. The van der Waals surface area contributed by atoms with Gasteiger partial charge >= 0.3 is 12.0 Å². The number of carboxylic acid groups (broad SMARTS) is 1. The maximum absolute atomic E-state index is 12.1. The number of imidazole rings is 1. The number of aromatic nitrogens is 4.